The van der Waals surface area contributed by atoms with E-state index in [0.717, 1.165) is 49.4 Å². The van der Waals surface area contributed by atoms with Gasteiger partial charge in [-0.3, -0.25) is 9.97 Å². The van der Waals surface area contributed by atoms with Crippen LogP contribution in [0, 0.1) is 17.2 Å². The van der Waals surface area contributed by atoms with Gasteiger partial charge in [-0.2, -0.15) is 5.26 Å². The molecule has 2 aromatic rings. The number of hydrogen-bond donors (Lipinski definition) is 1. The summed E-state index contributed by atoms with van der Waals surface area (Å²) in [7, 11) is 0. The van der Waals surface area contributed by atoms with Crippen LogP contribution in [0.1, 0.15) is 25.3 Å². The van der Waals surface area contributed by atoms with Crippen molar-refractivity contribution >= 4 is 27.9 Å². The van der Waals surface area contributed by atoms with Crippen molar-refractivity contribution in [2.24, 2.45) is 5.92 Å². The highest BCUT2D eigenvalue weighted by molar-refractivity contribution is 7.90. The third-order valence-corrected chi connectivity index (χ3v) is 5.63. The van der Waals surface area contributed by atoms with Crippen LogP contribution in [0.3, 0.4) is 0 Å². The number of nitrogens with one attached hydrogen (secondary N) is 1. The summed E-state index contributed by atoms with van der Waals surface area (Å²) in [6, 6.07) is 6.43. The average Bonchev–Trinajstić information content (AvgIpc) is 2.63. The summed E-state index contributed by atoms with van der Waals surface area (Å²) < 4.78 is 11.2. The Balaban J connectivity index is 1.76. The number of rotatable bonds is 6. The Labute approximate surface area is 157 Å². The molecule has 0 aliphatic carbocycles. The van der Waals surface area contributed by atoms with Crippen LogP contribution in [0.2, 0.25) is 0 Å². The van der Waals surface area contributed by atoms with Gasteiger partial charge < -0.3 is 14.8 Å². The molecule has 138 valence electrons. The molecule has 6 nitrogen and oxygen atoms in total. The Morgan fingerprint density at radius 3 is 2.81 bits per heavy atom. The van der Waals surface area contributed by atoms with Gasteiger partial charge in [0.1, 0.15) is 22.9 Å². The van der Waals surface area contributed by atoms with Gasteiger partial charge in [0.2, 0.25) is 0 Å². The maximum absolute atomic E-state index is 11.2. The van der Waals surface area contributed by atoms with Gasteiger partial charge in [0, 0.05) is 37.9 Å². The maximum Gasteiger partial charge on any atom is 0.113 e. The number of piperidine rings is 1. The highest BCUT2D eigenvalue weighted by atomic mass is 32.2. The monoisotopic (exact) mass is 371 g/mol. The Morgan fingerprint density at radius 1 is 1.31 bits per heavy atom. The van der Waals surface area contributed by atoms with E-state index in [1.165, 1.54) is 0 Å². The second-order valence-electron chi connectivity index (χ2n) is 7.03. The molecule has 3 atom stereocenters. The van der Waals surface area contributed by atoms with E-state index in [-0.39, 0.29) is 0 Å². The molecule has 1 saturated heterocycles. The lowest BCUT2D eigenvalue weighted by Gasteiger charge is -2.38. The molecule has 7 heteroatoms. The molecule has 26 heavy (non-hydrogen) atoms. The van der Waals surface area contributed by atoms with Crippen LogP contribution < -0.4 is 10.2 Å². The van der Waals surface area contributed by atoms with Crippen LogP contribution in [0.5, 0.6) is 0 Å². The quantitative estimate of drug-likeness (QED) is 0.618. The van der Waals surface area contributed by atoms with Gasteiger partial charge in [0.25, 0.3) is 0 Å². The van der Waals surface area contributed by atoms with Gasteiger partial charge >= 0.3 is 0 Å². The van der Waals surface area contributed by atoms with Gasteiger partial charge in [-0.25, -0.2) is 0 Å². The highest BCUT2D eigenvalue weighted by Crippen LogP contribution is 2.30. The zero-order chi connectivity index (χ0) is 18.5. The fourth-order valence-corrected chi connectivity index (χ4v) is 4.22. The molecule has 1 fully saturated rings. The van der Waals surface area contributed by atoms with Crippen molar-refractivity contribution in [3.8, 4) is 6.07 Å². The largest absolute Gasteiger partial charge is 0.617 e. The lowest BCUT2D eigenvalue weighted by Crippen LogP contribution is -2.49. The number of anilines is 1. The van der Waals surface area contributed by atoms with E-state index >= 15 is 0 Å². The van der Waals surface area contributed by atoms with Crippen molar-refractivity contribution in [3.63, 3.8) is 0 Å². The SMILES string of the molecule is C[C@H]1C[C@@H](NCCC[S+](C)[O-])CN(c2ccc(C#N)c3nccnc23)C1. The molecule has 2 heterocycles. The van der Waals surface area contributed by atoms with Crippen LogP contribution >= 0.6 is 0 Å². The van der Waals surface area contributed by atoms with Crippen LogP contribution in [-0.4, -0.2) is 52.2 Å². The number of hydrogen-bond acceptors (Lipinski definition) is 6. The predicted octanol–water partition coefficient (Wildman–Crippen LogP) is 2.07. The zero-order valence-corrected chi connectivity index (χ0v) is 16.1. The average molecular weight is 372 g/mol. The van der Waals surface area contributed by atoms with E-state index in [2.05, 4.69) is 33.2 Å². The van der Waals surface area contributed by atoms with Gasteiger partial charge in [0.05, 0.1) is 17.5 Å². The van der Waals surface area contributed by atoms with Gasteiger partial charge in [-0.15, -0.1) is 0 Å². The van der Waals surface area contributed by atoms with E-state index < -0.39 is 11.2 Å². The number of nitrogens with zero attached hydrogens (tertiary/aromatic N) is 4. The van der Waals surface area contributed by atoms with E-state index in [1.54, 1.807) is 18.6 Å². The second kappa shape index (κ2) is 8.67. The van der Waals surface area contributed by atoms with Crippen LogP contribution in [0.15, 0.2) is 24.5 Å². The molecule has 1 aliphatic heterocycles. The highest BCUT2D eigenvalue weighted by Gasteiger charge is 2.26. The molecule has 0 saturated carbocycles. The van der Waals surface area contributed by atoms with Crippen molar-refractivity contribution in [1.82, 2.24) is 15.3 Å². The molecule has 0 radical (unpaired) electrons. The Morgan fingerprint density at radius 2 is 2.08 bits per heavy atom. The van der Waals surface area contributed by atoms with Gasteiger partial charge in [-0.05, 0) is 31.0 Å². The minimum Gasteiger partial charge on any atom is -0.617 e. The molecule has 1 aromatic carbocycles. The topological polar surface area (TPSA) is 87.9 Å². The van der Waals surface area contributed by atoms with E-state index in [9.17, 15) is 9.81 Å². The summed E-state index contributed by atoms with van der Waals surface area (Å²) in [5.74, 6) is 1.30. The third-order valence-electron chi connectivity index (χ3n) is 4.77. The molecule has 0 bridgehead atoms. The van der Waals surface area contributed by atoms with Gasteiger partial charge in [-0.1, -0.05) is 18.1 Å². The summed E-state index contributed by atoms with van der Waals surface area (Å²) in [5.41, 5.74) is 3.06. The normalized spacial score (nSPS) is 21.5. The van der Waals surface area contributed by atoms with Crippen LogP contribution in [0.25, 0.3) is 11.0 Å². The van der Waals surface area contributed by atoms with Crippen LogP contribution in [-0.2, 0) is 11.2 Å². The smallest absolute Gasteiger partial charge is 0.113 e. The summed E-state index contributed by atoms with van der Waals surface area (Å²) in [4.78, 5) is 11.2. The van der Waals surface area contributed by atoms with Crippen molar-refractivity contribution in [3.05, 3.63) is 30.1 Å². The maximum atomic E-state index is 11.2. The second-order valence-corrected chi connectivity index (χ2v) is 8.58. The first-order valence-corrected chi connectivity index (χ1v) is 10.7. The first-order valence-electron chi connectivity index (χ1n) is 9.00. The first kappa shape index (κ1) is 18.9. The molecule has 1 unspecified atom stereocenters. The molecule has 1 N–H and O–H groups in total. The first-order chi connectivity index (χ1) is 12.6. The van der Waals surface area contributed by atoms with E-state index in [1.807, 2.05) is 12.1 Å². The van der Waals surface area contributed by atoms with Crippen molar-refractivity contribution < 1.29 is 4.55 Å². The predicted molar refractivity (Wildman–Crippen MR) is 106 cm³/mol. The van der Waals surface area contributed by atoms with E-state index in [0.29, 0.717) is 23.0 Å². The molecule has 3 rings (SSSR count). The summed E-state index contributed by atoms with van der Waals surface area (Å²) >= 11 is -0.727. The molecule has 1 aliphatic rings. The summed E-state index contributed by atoms with van der Waals surface area (Å²) in [6.07, 6.45) is 7.13. The fourth-order valence-electron chi connectivity index (χ4n) is 3.67. The van der Waals surface area contributed by atoms with Crippen molar-refractivity contribution in [2.45, 2.75) is 25.8 Å². The number of aromatic nitrogens is 2. The summed E-state index contributed by atoms with van der Waals surface area (Å²) in [5, 5.41) is 12.9. The molecule has 1 aromatic heterocycles. The number of fused-ring (bicyclic) bond motifs is 1. The van der Waals surface area contributed by atoms with Gasteiger partial charge in [0.15, 0.2) is 0 Å². The number of nitriles is 1. The Kier molecular flexibility index (Phi) is 6.30. The Bertz CT molecular complexity index is 791. The lowest BCUT2D eigenvalue weighted by molar-refractivity contribution is 0.352. The molecule has 0 amide bonds. The standard InChI is InChI=1S/C19H25N5OS/c1-14-10-16(21-6-3-9-26(2)25)13-24(12-14)17-5-4-15(11-20)18-19(17)23-8-7-22-18/h4-5,7-8,14,16,21H,3,6,9-10,12-13H2,1-2H3/t14-,16+,26?/m0/s1. The van der Waals surface area contributed by atoms with Crippen molar-refractivity contribution in [2.75, 3.05) is 36.5 Å². The molecule has 0 spiro atoms. The molecular weight excluding hydrogens is 346 g/mol. The number of benzene rings is 1. The fraction of sp³-hybridized carbons (Fsp3) is 0.526. The third kappa shape index (κ3) is 4.44. The van der Waals surface area contributed by atoms with Crippen LogP contribution in [0.4, 0.5) is 5.69 Å². The lowest BCUT2D eigenvalue weighted by atomic mass is 9.95. The minimum absolute atomic E-state index is 0.395. The Hall–Kier alpha value is -1.88. The minimum atomic E-state index is -0.727. The summed E-state index contributed by atoms with van der Waals surface area (Å²) in [6.45, 7) is 5.02. The van der Waals surface area contributed by atoms with Crippen molar-refractivity contribution in [1.29, 1.82) is 5.26 Å². The zero-order valence-electron chi connectivity index (χ0n) is 15.3. The van der Waals surface area contributed by atoms with E-state index in [4.69, 9.17) is 0 Å². The molecular formula is C19H25N5OS.